The van der Waals surface area contributed by atoms with Gasteiger partial charge >= 0.3 is 0 Å². The second kappa shape index (κ2) is 7.76. The van der Waals surface area contributed by atoms with Crippen molar-refractivity contribution in [3.05, 3.63) is 57.2 Å². The summed E-state index contributed by atoms with van der Waals surface area (Å²) in [6.07, 6.45) is 0. The zero-order valence-electron chi connectivity index (χ0n) is 13.6. The number of nitrogens with one attached hydrogen (secondary N) is 1. The molecule has 7 nitrogen and oxygen atoms in total. The number of aromatic amines is 1. The summed E-state index contributed by atoms with van der Waals surface area (Å²) in [5, 5.41) is 10.8. The smallest absolute Gasteiger partial charge is 0.271 e. The molecule has 1 aromatic heterocycles. The molecule has 0 radical (unpaired) electrons. The van der Waals surface area contributed by atoms with Crippen LogP contribution in [0.4, 0.5) is 0 Å². The van der Waals surface area contributed by atoms with Crippen LogP contribution in [0.2, 0.25) is 5.02 Å². The predicted octanol–water partition coefficient (Wildman–Crippen LogP) is 3.57. The fraction of sp³-hybridized carbons (Fsp3) is 0.118. The fourth-order valence-electron chi connectivity index (χ4n) is 2.35. The molecule has 0 spiro atoms. The summed E-state index contributed by atoms with van der Waals surface area (Å²) in [6.45, 7) is 0.276. The standard InChI is InChI=1S/C17H14BrClN4O3/c1-25-13-6-10(15-16(17(20)24)22-23-21-15)11(18)7-14(13)26-8-9-4-2-3-5-12(9)19/h2-7H,8H2,1H3,(H2,20,24)(H,21,22,23). The number of H-pyrrole nitrogens is 1. The Morgan fingerprint density at radius 3 is 2.73 bits per heavy atom. The zero-order valence-corrected chi connectivity index (χ0v) is 16.0. The van der Waals surface area contributed by atoms with Crippen molar-refractivity contribution in [2.45, 2.75) is 6.61 Å². The molecule has 0 aliphatic rings. The van der Waals surface area contributed by atoms with E-state index in [2.05, 4.69) is 31.3 Å². The Bertz CT molecular complexity index is 961. The fourth-order valence-corrected chi connectivity index (χ4v) is 3.05. The summed E-state index contributed by atoms with van der Waals surface area (Å²) in [7, 11) is 1.52. The Labute approximate surface area is 162 Å². The molecule has 2 aromatic carbocycles. The number of amides is 1. The minimum absolute atomic E-state index is 0.0393. The van der Waals surface area contributed by atoms with Crippen molar-refractivity contribution >= 4 is 33.4 Å². The van der Waals surface area contributed by atoms with Crippen LogP contribution in [-0.4, -0.2) is 28.4 Å². The van der Waals surface area contributed by atoms with E-state index in [1.165, 1.54) is 7.11 Å². The van der Waals surface area contributed by atoms with Crippen molar-refractivity contribution in [1.29, 1.82) is 0 Å². The van der Waals surface area contributed by atoms with E-state index in [1.807, 2.05) is 18.2 Å². The third-order valence-electron chi connectivity index (χ3n) is 3.63. The SMILES string of the molecule is COc1cc(-c2n[nH]nc2C(N)=O)c(Br)cc1OCc1ccccc1Cl. The van der Waals surface area contributed by atoms with E-state index >= 15 is 0 Å². The molecule has 0 fully saturated rings. The maximum absolute atomic E-state index is 11.5. The molecule has 0 aliphatic carbocycles. The van der Waals surface area contributed by atoms with Crippen LogP contribution < -0.4 is 15.2 Å². The summed E-state index contributed by atoms with van der Waals surface area (Å²) in [5.74, 6) is 0.291. The summed E-state index contributed by atoms with van der Waals surface area (Å²) in [6, 6.07) is 10.8. The molecule has 134 valence electrons. The van der Waals surface area contributed by atoms with Crippen LogP contribution in [0.3, 0.4) is 0 Å². The van der Waals surface area contributed by atoms with E-state index in [9.17, 15) is 4.79 Å². The lowest BCUT2D eigenvalue weighted by Gasteiger charge is -2.14. The van der Waals surface area contributed by atoms with Gasteiger partial charge in [0.2, 0.25) is 0 Å². The molecule has 0 aliphatic heterocycles. The van der Waals surface area contributed by atoms with E-state index in [0.717, 1.165) is 5.56 Å². The van der Waals surface area contributed by atoms with Crippen LogP contribution in [0.15, 0.2) is 40.9 Å². The lowest BCUT2D eigenvalue weighted by atomic mass is 10.1. The van der Waals surface area contributed by atoms with E-state index in [1.54, 1.807) is 18.2 Å². The Kier molecular flexibility index (Phi) is 5.43. The molecule has 1 heterocycles. The highest BCUT2D eigenvalue weighted by molar-refractivity contribution is 9.10. The second-order valence-electron chi connectivity index (χ2n) is 5.25. The number of carbonyl (C=O) groups is 1. The summed E-state index contributed by atoms with van der Waals surface area (Å²) in [5.41, 5.74) is 7.13. The molecule has 0 saturated heterocycles. The molecule has 0 saturated carbocycles. The average molecular weight is 438 g/mol. The number of nitrogens with two attached hydrogens (primary N) is 1. The van der Waals surface area contributed by atoms with Gasteiger partial charge in [-0.3, -0.25) is 4.79 Å². The van der Waals surface area contributed by atoms with E-state index in [-0.39, 0.29) is 12.3 Å². The highest BCUT2D eigenvalue weighted by Crippen LogP contribution is 2.39. The first-order valence-electron chi connectivity index (χ1n) is 7.46. The molecule has 0 unspecified atom stereocenters. The number of halogens is 2. The van der Waals surface area contributed by atoms with Gasteiger partial charge in [0.15, 0.2) is 17.2 Å². The van der Waals surface area contributed by atoms with Crippen molar-refractivity contribution in [3.8, 4) is 22.8 Å². The maximum atomic E-state index is 11.5. The topological polar surface area (TPSA) is 103 Å². The maximum Gasteiger partial charge on any atom is 0.271 e. The van der Waals surface area contributed by atoms with Crippen molar-refractivity contribution in [2.75, 3.05) is 7.11 Å². The number of carbonyl (C=O) groups excluding carboxylic acids is 1. The van der Waals surface area contributed by atoms with Crippen molar-refractivity contribution in [2.24, 2.45) is 5.73 Å². The Balaban J connectivity index is 1.94. The Morgan fingerprint density at radius 1 is 1.27 bits per heavy atom. The van der Waals surface area contributed by atoms with Crippen LogP contribution >= 0.6 is 27.5 Å². The van der Waals surface area contributed by atoms with Gasteiger partial charge in [0, 0.05) is 20.6 Å². The minimum Gasteiger partial charge on any atom is -0.493 e. The highest BCUT2D eigenvalue weighted by atomic mass is 79.9. The van der Waals surface area contributed by atoms with Gasteiger partial charge in [-0.2, -0.15) is 15.4 Å². The lowest BCUT2D eigenvalue weighted by Crippen LogP contribution is -2.12. The van der Waals surface area contributed by atoms with Gasteiger partial charge in [0.05, 0.1) is 7.11 Å². The summed E-state index contributed by atoms with van der Waals surface area (Å²) in [4.78, 5) is 11.5. The summed E-state index contributed by atoms with van der Waals surface area (Å²) < 4.78 is 11.9. The molecule has 0 bridgehead atoms. The van der Waals surface area contributed by atoms with Gasteiger partial charge < -0.3 is 15.2 Å². The number of hydrogen-bond donors (Lipinski definition) is 2. The van der Waals surface area contributed by atoms with Crippen LogP contribution in [0.5, 0.6) is 11.5 Å². The molecule has 0 atom stereocenters. The minimum atomic E-state index is -0.682. The first-order chi connectivity index (χ1) is 12.5. The molecule has 3 aromatic rings. The molecular formula is C17H14BrClN4O3. The number of primary amides is 1. The number of nitrogens with zero attached hydrogens (tertiary/aromatic N) is 2. The van der Waals surface area contributed by atoms with E-state index in [0.29, 0.717) is 32.3 Å². The van der Waals surface area contributed by atoms with Crippen LogP contribution in [-0.2, 0) is 6.61 Å². The predicted molar refractivity (Wildman–Crippen MR) is 100 cm³/mol. The average Bonchev–Trinajstić information content (AvgIpc) is 3.11. The largest absolute Gasteiger partial charge is 0.493 e. The Morgan fingerprint density at radius 2 is 2.04 bits per heavy atom. The molecule has 3 N–H and O–H groups in total. The van der Waals surface area contributed by atoms with Crippen molar-refractivity contribution < 1.29 is 14.3 Å². The zero-order chi connectivity index (χ0) is 18.7. The third-order valence-corrected chi connectivity index (χ3v) is 4.66. The third kappa shape index (κ3) is 3.66. The van der Waals surface area contributed by atoms with Crippen molar-refractivity contribution in [1.82, 2.24) is 15.4 Å². The van der Waals surface area contributed by atoms with Crippen LogP contribution in [0.1, 0.15) is 16.1 Å². The molecule has 9 heteroatoms. The molecule has 26 heavy (non-hydrogen) atoms. The lowest BCUT2D eigenvalue weighted by molar-refractivity contribution is 0.0996. The number of aromatic nitrogens is 3. The number of rotatable bonds is 6. The number of ether oxygens (including phenoxy) is 2. The van der Waals surface area contributed by atoms with E-state index in [4.69, 9.17) is 26.8 Å². The van der Waals surface area contributed by atoms with Gasteiger partial charge in [-0.05, 0) is 34.1 Å². The van der Waals surface area contributed by atoms with Gasteiger partial charge in [0.1, 0.15) is 12.3 Å². The van der Waals surface area contributed by atoms with Gasteiger partial charge in [-0.1, -0.05) is 29.8 Å². The van der Waals surface area contributed by atoms with Crippen LogP contribution in [0, 0.1) is 0 Å². The molecular weight excluding hydrogens is 424 g/mol. The number of methoxy groups -OCH3 is 1. The van der Waals surface area contributed by atoms with Crippen LogP contribution in [0.25, 0.3) is 11.3 Å². The second-order valence-corrected chi connectivity index (χ2v) is 6.51. The first-order valence-corrected chi connectivity index (χ1v) is 8.63. The summed E-state index contributed by atoms with van der Waals surface area (Å²) >= 11 is 9.61. The Hall–Kier alpha value is -2.58. The monoisotopic (exact) mass is 436 g/mol. The molecule has 3 rings (SSSR count). The van der Waals surface area contributed by atoms with Gasteiger partial charge in [0.25, 0.3) is 5.91 Å². The number of benzene rings is 2. The number of hydrogen-bond acceptors (Lipinski definition) is 5. The highest BCUT2D eigenvalue weighted by Gasteiger charge is 2.20. The first kappa shape index (κ1) is 18.2. The normalized spacial score (nSPS) is 10.6. The van der Waals surface area contributed by atoms with Crippen molar-refractivity contribution in [3.63, 3.8) is 0 Å². The quantitative estimate of drug-likeness (QED) is 0.613. The van der Waals surface area contributed by atoms with Gasteiger partial charge in [-0.15, -0.1) is 0 Å². The van der Waals surface area contributed by atoms with E-state index < -0.39 is 5.91 Å². The molecule has 1 amide bonds. The van der Waals surface area contributed by atoms with Gasteiger partial charge in [-0.25, -0.2) is 0 Å².